The molecule has 6 heteroatoms. The lowest BCUT2D eigenvalue weighted by molar-refractivity contribution is -0.104. The summed E-state index contributed by atoms with van der Waals surface area (Å²) < 4.78 is 5.06. The molecule has 0 radical (unpaired) electrons. The third-order valence-corrected chi connectivity index (χ3v) is 2.26. The molecule has 0 fully saturated rings. The fourth-order valence-corrected chi connectivity index (χ4v) is 1.29. The zero-order valence-corrected chi connectivity index (χ0v) is 11.6. The number of hydrogen-bond acceptors (Lipinski definition) is 5. The van der Waals surface area contributed by atoms with Gasteiger partial charge in [0.25, 0.3) is 0 Å². The zero-order valence-electron chi connectivity index (χ0n) is 11.6. The van der Waals surface area contributed by atoms with Crippen LogP contribution in [-0.4, -0.2) is 38.7 Å². The number of aliphatic imine (C=N–C) groups is 1. The van der Waals surface area contributed by atoms with Gasteiger partial charge in [0.2, 0.25) is 0 Å². The Bertz CT molecular complexity index is 554. The second-order valence-electron chi connectivity index (χ2n) is 4.05. The molecule has 0 saturated carbocycles. The Labute approximate surface area is 118 Å². The van der Waals surface area contributed by atoms with Gasteiger partial charge in [-0.25, -0.2) is 4.99 Å². The summed E-state index contributed by atoms with van der Waals surface area (Å²) in [5, 5.41) is 11.9. The molecule has 0 aliphatic heterocycles. The number of nitrogens with one attached hydrogen (secondary N) is 1. The second-order valence-corrected chi connectivity index (χ2v) is 4.05. The highest BCUT2D eigenvalue weighted by Crippen LogP contribution is 2.17. The number of ether oxygens (including phenoxy) is 1. The van der Waals surface area contributed by atoms with Gasteiger partial charge in [-0.2, -0.15) is 5.26 Å². The molecule has 0 aliphatic rings. The van der Waals surface area contributed by atoms with Crippen LogP contribution in [0.3, 0.4) is 0 Å². The predicted molar refractivity (Wildman–Crippen MR) is 77.5 cm³/mol. The topological polar surface area (TPSA) is 77.7 Å². The van der Waals surface area contributed by atoms with Crippen LogP contribution in [0, 0.1) is 11.3 Å². The number of nitriles is 1. The van der Waals surface area contributed by atoms with Gasteiger partial charge in [0, 0.05) is 19.8 Å². The Kier molecular flexibility index (Phi) is 5.78. The first-order valence-electron chi connectivity index (χ1n) is 5.82. The lowest BCUT2D eigenvalue weighted by Gasteiger charge is -2.09. The van der Waals surface area contributed by atoms with Crippen molar-refractivity contribution in [1.82, 2.24) is 4.90 Å². The minimum Gasteiger partial charge on any atom is -0.497 e. The lowest BCUT2D eigenvalue weighted by atomic mass is 10.2. The molecule has 20 heavy (non-hydrogen) atoms. The normalized spacial score (nSPS) is 11.5. The molecule has 0 spiro atoms. The number of carbonyl (C=O) groups is 1. The number of methoxy groups -OCH3 is 1. The molecule has 0 amide bonds. The summed E-state index contributed by atoms with van der Waals surface area (Å²) in [7, 11) is 5.16. The molecular formula is C14H16N4O2. The van der Waals surface area contributed by atoms with Crippen LogP contribution in [0.1, 0.15) is 0 Å². The van der Waals surface area contributed by atoms with E-state index in [1.807, 2.05) is 6.07 Å². The van der Waals surface area contributed by atoms with Gasteiger partial charge in [-0.15, -0.1) is 0 Å². The van der Waals surface area contributed by atoms with Crippen molar-refractivity contribution in [2.75, 3.05) is 26.5 Å². The summed E-state index contributed by atoms with van der Waals surface area (Å²) in [6.07, 6.45) is 1.98. The Balaban J connectivity index is 3.03. The Morgan fingerprint density at radius 2 is 2.05 bits per heavy atom. The number of aldehydes is 1. The highest BCUT2D eigenvalue weighted by Gasteiger charge is 2.05. The fourth-order valence-electron chi connectivity index (χ4n) is 1.29. The number of benzene rings is 1. The van der Waals surface area contributed by atoms with Gasteiger partial charge < -0.3 is 15.0 Å². The van der Waals surface area contributed by atoms with Gasteiger partial charge in [-0.05, 0) is 24.3 Å². The molecule has 0 saturated heterocycles. The maximum absolute atomic E-state index is 10.9. The van der Waals surface area contributed by atoms with E-state index in [0.29, 0.717) is 17.7 Å². The van der Waals surface area contributed by atoms with Crippen LogP contribution < -0.4 is 10.1 Å². The van der Waals surface area contributed by atoms with Crippen molar-refractivity contribution in [3.8, 4) is 11.8 Å². The summed E-state index contributed by atoms with van der Waals surface area (Å²) in [5.41, 5.74) is 0.630. The van der Waals surface area contributed by atoms with E-state index in [1.54, 1.807) is 50.4 Å². The quantitative estimate of drug-likeness (QED) is 0.280. The molecular weight excluding hydrogens is 256 g/mol. The van der Waals surface area contributed by atoms with Crippen molar-refractivity contribution in [2.45, 2.75) is 0 Å². The molecule has 1 aromatic carbocycles. The first-order valence-corrected chi connectivity index (χ1v) is 5.82. The molecule has 1 rings (SSSR count). The lowest BCUT2D eigenvalue weighted by Crippen LogP contribution is -2.10. The Hall–Kier alpha value is -2.81. The first kappa shape index (κ1) is 15.2. The molecule has 0 aliphatic carbocycles. The fraction of sp³-hybridized carbons (Fsp3) is 0.214. The van der Waals surface area contributed by atoms with Crippen LogP contribution in [0.2, 0.25) is 0 Å². The molecule has 0 atom stereocenters. The number of hydrogen-bond donors (Lipinski definition) is 1. The largest absolute Gasteiger partial charge is 0.497 e. The second kappa shape index (κ2) is 7.59. The minimum absolute atomic E-state index is 0.0704. The van der Waals surface area contributed by atoms with E-state index in [0.717, 1.165) is 0 Å². The van der Waals surface area contributed by atoms with Crippen LogP contribution in [0.15, 0.2) is 40.7 Å². The molecule has 0 heterocycles. The highest BCUT2D eigenvalue weighted by atomic mass is 16.5. The van der Waals surface area contributed by atoms with E-state index in [2.05, 4.69) is 10.3 Å². The summed E-state index contributed by atoms with van der Waals surface area (Å²) in [6.45, 7) is 0. The van der Waals surface area contributed by atoms with E-state index in [9.17, 15) is 4.79 Å². The van der Waals surface area contributed by atoms with E-state index < -0.39 is 0 Å². The number of allylic oxidation sites excluding steroid dienone is 1. The van der Waals surface area contributed by atoms with Crippen molar-refractivity contribution < 1.29 is 9.53 Å². The zero-order chi connectivity index (χ0) is 15.0. The van der Waals surface area contributed by atoms with Gasteiger partial charge in [0.1, 0.15) is 17.4 Å². The van der Waals surface area contributed by atoms with Crippen LogP contribution in [0.25, 0.3) is 0 Å². The van der Waals surface area contributed by atoms with Gasteiger partial charge in [0.15, 0.2) is 12.1 Å². The van der Waals surface area contributed by atoms with E-state index in [-0.39, 0.29) is 11.4 Å². The molecule has 0 aromatic heterocycles. The number of nitrogens with zero attached hydrogens (tertiary/aromatic N) is 3. The minimum atomic E-state index is -0.0704. The van der Waals surface area contributed by atoms with Crippen molar-refractivity contribution in [1.29, 1.82) is 5.26 Å². The smallest absolute Gasteiger partial charge is 0.164 e. The van der Waals surface area contributed by atoms with Gasteiger partial charge >= 0.3 is 0 Å². The Morgan fingerprint density at radius 1 is 1.40 bits per heavy atom. The summed E-state index contributed by atoms with van der Waals surface area (Å²) in [5.74, 6) is 0.912. The average Bonchev–Trinajstić information content (AvgIpc) is 2.46. The van der Waals surface area contributed by atoms with E-state index >= 15 is 0 Å². The maximum atomic E-state index is 10.9. The van der Waals surface area contributed by atoms with Crippen molar-refractivity contribution in [3.05, 3.63) is 35.7 Å². The maximum Gasteiger partial charge on any atom is 0.164 e. The summed E-state index contributed by atoms with van der Waals surface area (Å²) in [6, 6.07) is 8.88. The third kappa shape index (κ3) is 4.46. The van der Waals surface area contributed by atoms with Gasteiger partial charge in [-0.3, -0.25) is 4.79 Å². The van der Waals surface area contributed by atoms with Crippen LogP contribution in [0.4, 0.5) is 5.69 Å². The monoisotopic (exact) mass is 272 g/mol. The SMILES string of the molecule is COc1ccc(NC(/N=C/N(C)C)=C(/C#N)C=O)cc1. The van der Waals surface area contributed by atoms with E-state index in [1.165, 1.54) is 6.34 Å². The third-order valence-electron chi connectivity index (χ3n) is 2.26. The Morgan fingerprint density at radius 3 is 2.50 bits per heavy atom. The summed E-state index contributed by atoms with van der Waals surface area (Å²) in [4.78, 5) is 16.7. The molecule has 6 nitrogen and oxygen atoms in total. The van der Waals surface area contributed by atoms with Crippen molar-refractivity contribution in [3.63, 3.8) is 0 Å². The van der Waals surface area contributed by atoms with Gasteiger partial charge in [-0.1, -0.05) is 0 Å². The molecule has 0 bridgehead atoms. The molecule has 1 aromatic rings. The van der Waals surface area contributed by atoms with Crippen LogP contribution in [0.5, 0.6) is 5.75 Å². The predicted octanol–water partition coefficient (Wildman–Crippen LogP) is 1.63. The van der Waals surface area contributed by atoms with E-state index in [4.69, 9.17) is 10.00 Å². The first-order chi connectivity index (χ1) is 9.60. The van der Waals surface area contributed by atoms with Crippen molar-refractivity contribution in [2.24, 2.45) is 4.99 Å². The van der Waals surface area contributed by atoms with Crippen LogP contribution in [-0.2, 0) is 4.79 Å². The number of carbonyl (C=O) groups excluding carboxylic acids is 1. The average molecular weight is 272 g/mol. The number of rotatable bonds is 6. The summed E-state index contributed by atoms with van der Waals surface area (Å²) >= 11 is 0. The number of anilines is 1. The van der Waals surface area contributed by atoms with Crippen molar-refractivity contribution >= 4 is 18.3 Å². The van der Waals surface area contributed by atoms with Gasteiger partial charge in [0.05, 0.1) is 13.4 Å². The highest BCUT2D eigenvalue weighted by molar-refractivity contribution is 5.82. The molecule has 1 N–H and O–H groups in total. The molecule has 0 unspecified atom stereocenters. The molecule has 104 valence electrons. The van der Waals surface area contributed by atoms with Crippen LogP contribution >= 0.6 is 0 Å². The standard InChI is InChI=1S/C14H16N4O2/c1-18(2)10-16-14(11(8-15)9-19)17-12-4-6-13(20-3)7-5-12/h4-7,9-10,17H,1-3H3/b14-11-,16-10+.